The van der Waals surface area contributed by atoms with Crippen molar-refractivity contribution in [3.63, 3.8) is 0 Å². The molecule has 30 heavy (non-hydrogen) atoms. The van der Waals surface area contributed by atoms with E-state index in [-0.39, 0.29) is 16.9 Å². The van der Waals surface area contributed by atoms with Crippen LogP contribution in [0.5, 0.6) is 0 Å². The molecule has 0 bridgehead atoms. The first-order valence-corrected chi connectivity index (χ1v) is 10.6. The van der Waals surface area contributed by atoms with Gasteiger partial charge in [0.2, 0.25) is 0 Å². The number of aromatic nitrogens is 4. The van der Waals surface area contributed by atoms with Crippen LogP contribution >= 0.6 is 23.1 Å². The van der Waals surface area contributed by atoms with Gasteiger partial charge in [-0.15, -0.1) is 10.2 Å². The number of oxime groups is 1. The largest absolute Gasteiger partial charge is 0.389 e. The van der Waals surface area contributed by atoms with Crippen molar-refractivity contribution in [2.24, 2.45) is 12.2 Å². The Labute approximate surface area is 179 Å². The first-order valence-electron chi connectivity index (χ1n) is 8.95. The van der Waals surface area contributed by atoms with Crippen LogP contribution in [-0.4, -0.2) is 50.7 Å². The number of anilines is 1. The van der Waals surface area contributed by atoms with Crippen LogP contribution in [0.2, 0.25) is 0 Å². The molecular formula is C18H17FN6O3S2. The van der Waals surface area contributed by atoms with Gasteiger partial charge < -0.3 is 14.1 Å². The summed E-state index contributed by atoms with van der Waals surface area (Å²) in [6, 6.07) is 7.21. The van der Waals surface area contributed by atoms with Crippen molar-refractivity contribution in [1.82, 2.24) is 19.7 Å². The number of ether oxygens (including phenoxy) is 1. The van der Waals surface area contributed by atoms with Gasteiger partial charge in [0.05, 0.1) is 19.4 Å². The van der Waals surface area contributed by atoms with E-state index >= 15 is 0 Å². The van der Waals surface area contributed by atoms with Crippen LogP contribution in [-0.2, 0) is 21.4 Å². The fraction of sp³-hybridized carbons (Fsp3) is 0.278. The molecule has 4 rings (SSSR count). The second kappa shape index (κ2) is 9.32. The van der Waals surface area contributed by atoms with Crippen molar-refractivity contribution in [1.29, 1.82) is 0 Å². The number of benzene rings is 1. The lowest BCUT2D eigenvalue weighted by Crippen LogP contribution is -2.25. The summed E-state index contributed by atoms with van der Waals surface area (Å²) in [7, 11) is 1.86. The second-order valence-electron chi connectivity index (χ2n) is 6.31. The predicted molar refractivity (Wildman–Crippen MR) is 109 cm³/mol. The van der Waals surface area contributed by atoms with Gasteiger partial charge in [-0.1, -0.05) is 28.6 Å². The van der Waals surface area contributed by atoms with Crippen LogP contribution in [0.25, 0.3) is 0 Å². The average molecular weight is 449 g/mol. The molecule has 0 spiro atoms. The van der Waals surface area contributed by atoms with E-state index in [1.807, 2.05) is 23.7 Å². The number of nitrogens with one attached hydrogen (secondary N) is 1. The number of hydrogen-bond donors (Lipinski definition) is 1. The summed E-state index contributed by atoms with van der Waals surface area (Å²) in [5, 5.41) is 14.9. The molecule has 2 aromatic heterocycles. The number of carbonyl (C=O) groups is 1. The molecule has 12 heteroatoms. The van der Waals surface area contributed by atoms with Gasteiger partial charge in [-0.05, 0) is 23.9 Å². The minimum Gasteiger partial charge on any atom is -0.389 e. The maximum Gasteiger partial charge on any atom is 0.280 e. The van der Waals surface area contributed by atoms with Crippen LogP contribution < -0.4 is 5.32 Å². The number of rotatable bonds is 7. The van der Waals surface area contributed by atoms with Gasteiger partial charge in [-0.25, -0.2) is 4.98 Å². The van der Waals surface area contributed by atoms with Gasteiger partial charge in [0, 0.05) is 23.9 Å². The third kappa shape index (κ3) is 5.01. The number of thiazole rings is 1. The number of nitrogens with zero attached hydrogens (tertiary/aromatic N) is 5. The summed E-state index contributed by atoms with van der Waals surface area (Å²) >= 11 is 2.17. The highest BCUT2D eigenvalue weighted by molar-refractivity contribution is 7.99. The van der Waals surface area contributed by atoms with Crippen LogP contribution in [0.4, 0.5) is 9.52 Å². The Morgan fingerprint density at radius 2 is 2.27 bits per heavy atom. The van der Waals surface area contributed by atoms with Gasteiger partial charge in [0.1, 0.15) is 6.33 Å². The molecular weight excluding hydrogens is 431 g/mol. The summed E-state index contributed by atoms with van der Waals surface area (Å²) < 4.78 is 20.3. The molecule has 9 nitrogen and oxygen atoms in total. The van der Waals surface area contributed by atoms with Crippen LogP contribution in [0.3, 0.4) is 0 Å². The highest BCUT2D eigenvalue weighted by atomic mass is 32.2. The van der Waals surface area contributed by atoms with Gasteiger partial charge in [-0.2, -0.15) is 4.39 Å². The van der Waals surface area contributed by atoms with Gasteiger partial charge in [0.15, 0.2) is 27.2 Å². The van der Waals surface area contributed by atoms with Crippen LogP contribution in [0, 0.1) is 5.13 Å². The molecule has 1 N–H and O–H groups in total. The zero-order chi connectivity index (χ0) is 20.9. The number of hydrogen-bond acceptors (Lipinski definition) is 9. The molecule has 3 heterocycles. The average Bonchev–Trinajstić information content (AvgIpc) is 3.48. The molecule has 1 aliphatic rings. The first-order chi connectivity index (χ1) is 14.6. The number of aryl methyl sites for hydroxylation is 1. The van der Waals surface area contributed by atoms with Gasteiger partial charge >= 0.3 is 0 Å². The molecule has 0 unspecified atom stereocenters. The molecule has 0 saturated carbocycles. The molecule has 1 aliphatic heterocycles. The normalized spacial score (nSPS) is 16.6. The van der Waals surface area contributed by atoms with E-state index in [9.17, 15) is 9.18 Å². The SMILES string of the molecule is Cn1cnnc1Sc1ccc(/C(=N\O[C@@H]2CCOC2)C(=O)Nc2ncc(F)s2)cc1. The van der Waals surface area contributed by atoms with Crippen LogP contribution in [0.1, 0.15) is 12.0 Å². The van der Waals surface area contributed by atoms with Gasteiger partial charge in [-0.3, -0.25) is 10.1 Å². The Balaban J connectivity index is 1.53. The lowest BCUT2D eigenvalue weighted by Gasteiger charge is -2.10. The highest BCUT2D eigenvalue weighted by Gasteiger charge is 2.21. The molecule has 1 atom stereocenters. The summed E-state index contributed by atoms with van der Waals surface area (Å²) in [6.45, 7) is 1.01. The minimum atomic E-state index is -0.544. The molecule has 3 aromatic rings. The minimum absolute atomic E-state index is 0.0627. The lowest BCUT2D eigenvalue weighted by molar-refractivity contribution is -0.110. The van der Waals surface area contributed by atoms with E-state index in [2.05, 4.69) is 25.7 Å². The van der Waals surface area contributed by atoms with Crippen molar-refractivity contribution < 1.29 is 18.8 Å². The maximum atomic E-state index is 13.2. The zero-order valence-electron chi connectivity index (χ0n) is 15.8. The van der Waals surface area contributed by atoms with E-state index in [1.165, 1.54) is 11.8 Å². The highest BCUT2D eigenvalue weighted by Crippen LogP contribution is 2.26. The summed E-state index contributed by atoms with van der Waals surface area (Å²) in [6.07, 6.45) is 3.15. The smallest absolute Gasteiger partial charge is 0.280 e. The standard InChI is InChI=1S/C18H17FN6O3S2/c1-25-10-21-23-18(25)29-13-4-2-11(3-5-13)15(24-28-12-6-7-27-9-12)16(26)22-17-20-8-14(19)30-17/h2-5,8,10,12H,6-7,9H2,1H3,(H,20,22,26)/b24-15+/t12-/m1/s1. The van der Waals surface area contributed by atoms with Gasteiger partial charge in [0.25, 0.3) is 5.91 Å². The number of amides is 1. The third-order valence-electron chi connectivity index (χ3n) is 4.10. The maximum absolute atomic E-state index is 13.2. The summed E-state index contributed by atoms with van der Waals surface area (Å²) in [5.41, 5.74) is 0.610. The Morgan fingerprint density at radius 1 is 1.43 bits per heavy atom. The van der Waals surface area contributed by atoms with Crippen molar-refractivity contribution in [3.8, 4) is 0 Å². The topological polar surface area (TPSA) is 104 Å². The Morgan fingerprint density at radius 3 is 2.90 bits per heavy atom. The molecule has 0 aliphatic carbocycles. The summed E-state index contributed by atoms with van der Waals surface area (Å²) in [5.74, 6) is -0.544. The van der Waals surface area contributed by atoms with Crippen molar-refractivity contribution >= 4 is 39.8 Å². The van der Waals surface area contributed by atoms with Crippen LogP contribution in [0.15, 0.2) is 52.0 Å². The number of halogens is 1. The molecule has 156 valence electrons. The van der Waals surface area contributed by atoms with E-state index < -0.39 is 11.0 Å². The molecule has 0 radical (unpaired) electrons. The molecule has 1 saturated heterocycles. The first kappa shape index (κ1) is 20.4. The molecule has 1 fully saturated rings. The summed E-state index contributed by atoms with van der Waals surface area (Å²) in [4.78, 5) is 23.0. The van der Waals surface area contributed by atoms with Crippen molar-refractivity contribution in [2.75, 3.05) is 18.5 Å². The fourth-order valence-corrected chi connectivity index (χ4v) is 3.87. The fourth-order valence-electron chi connectivity index (χ4n) is 2.57. The van der Waals surface area contributed by atoms with E-state index in [1.54, 1.807) is 18.5 Å². The molecule has 1 amide bonds. The Bertz CT molecular complexity index is 1050. The number of carbonyl (C=O) groups excluding carboxylic acids is 1. The Hall–Kier alpha value is -2.83. The van der Waals surface area contributed by atoms with E-state index in [4.69, 9.17) is 9.57 Å². The van der Waals surface area contributed by atoms with Crippen molar-refractivity contribution in [3.05, 3.63) is 47.5 Å². The van der Waals surface area contributed by atoms with E-state index in [0.29, 0.717) is 25.2 Å². The zero-order valence-corrected chi connectivity index (χ0v) is 17.5. The van der Waals surface area contributed by atoms with E-state index in [0.717, 1.165) is 27.6 Å². The third-order valence-corrected chi connectivity index (χ3v) is 5.86. The Kier molecular flexibility index (Phi) is 6.35. The molecule has 1 aromatic carbocycles. The lowest BCUT2D eigenvalue weighted by atomic mass is 10.1. The quantitative estimate of drug-likeness (QED) is 0.438. The second-order valence-corrected chi connectivity index (χ2v) is 8.33. The van der Waals surface area contributed by atoms with Crippen molar-refractivity contribution in [2.45, 2.75) is 22.6 Å². The predicted octanol–water partition coefficient (Wildman–Crippen LogP) is 2.71. The monoisotopic (exact) mass is 448 g/mol.